The van der Waals surface area contributed by atoms with Gasteiger partial charge in [-0.1, -0.05) is 24.3 Å². The van der Waals surface area contributed by atoms with Gasteiger partial charge in [-0.2, -0.15) is 0 Å². The molecule has 0 atom stereocenters. The van der Waals surface area contributed by atoms with E-state index in [0.717, 1.165) is 17.0 Å². The van der Waals surface area contributed by atoms with Crippen molar-refractivity contribution in [1.29, 1.82) is 0 Å². The number of benzene rings is 1. The molecule has 0 spiro atoms. The fourth-order valence-corrected chi connectivity index (χ4v) is 2.38. The van der Waals surface area contributed by atoms with E-state index in [0.29, 0.717) is 24.6 Å². The van der Waals surface area contributed by atoms with Crippen molar-refractivity contribution in [3.63, 3.8) is 0 Å². The number of methoxy groups -OCH3 is 1. The minimum Gasteiger partial charge on any atom is -0.496 e. The van der Waals surface area contributed by atoms with Crippen LogP contribution in [0.5, 0.6) is 5.75 Å². The van der Waals surface area contributed by atoms with Gasteiger partial charge < -0.3 is 15.4 Å². The monoisotopic (exact) mass is 349 g/mol. The normalized spacial score (nSPS) is 10.2. The maximum Gasteiger partial charge on any atom is 0.270 e. The first-order chi connectivity index (χ1) is 12.8. The maximum absolute atomic E-state index is 12.4. The van der Waals surface area contributed by atoms with E-state index in [1.165, 1.54) is 6.33 Å². The molecule has 2 heterocycles. The summed E-state index contributed by atoms with van der Waals surface area (Å²) in [6.07, 6.45) is 3.09. The average Bonchev–Trinajstić information content (AvgIpc) is 2.71. The third kappa shape index (κ3) is 4.54. The van der Waals surface area contributed by atoms with Crippen molar-refractivity contribution in [3.05, 3.63) is 78.0 Å². The number of carbonyl (C=O) groups excluding carboxylic acids is 1. The first-order valence-corrected chi connectivity index (χ1v) is 8.12. The lowest BCUT2D eigenvalue weighted by Crippen LogP contribution is -2.24. The van der Waals surface area contributed by atoms with Crippen molar-refractivity contribution in [1.82, 2.24) is 20.3 Å². The second-order valence-corrected chi connectivity index (χ2v) is 5.46. The number of rotatable bonds is 7. The Morgan fingerprint density at radius 3 is 2.69 bits per heavy atom. The van der Waals surface area contributed by atoms with Crippen molar-refractivity contribution in [2.24, 2.45) is 0 Å². The van der Waals surface area contributed by atoms with Gasteiger partial charge >= 0.3 is 0 Å². The molecule has 3 aromatic rings. The number of aromatic nitrogens is 3. The van der Waals surface area contributed by atoms with Gasteiger partial charge in [0.15, 0.2) is 0 Å². The van der Waals surface area contributed by atoms with E-state index in [4.69, 9.17) is 4.74 Å². The lowest BCUT2D eigenvalue weighted by atomic mass is 10.2. The summed E-state index contributed by atoms with van der Waals surface area (Å²) in [5.74, 6) is 1.01. The van der Waals surface area contributed by atoms with Crippen molar-refractivity contribution >= 4 is 11.7 Å². The largest absolute Gasteiger partial charge is 0.496 e. The predicted octanol–water partition coefficient (Wildman–Crippen LogP) is 2.42. The van der Waals surface area contributed by atoms with Crippen LogP contribution in [0, 0.1) is 0 Å². The minimum atomic E-state index is -0.279. The molecule has 2 aromatic heterocycles. The SMILES string of the molecule is COc1ccccc1CNC(=O)c1cc(NCc2ccccn2)ncn1. The summed E-state index contributed by atoms with van der Waals surface area (Å²) in [5, 5.41) is 5.98. The van der Waals surface area contributed by atoms with E-state index in [2.05, 4.69) is 25.6 Å². The smallest absolute Gasteiger partial charge is 0.270 e. The number of amides is 1. The van der Waals surface area contributed by atoms with Gasteiger partial charge in [0, 0.05) is 24.4 Å². The van der Waals surface area contributed by atoms with Crippen LogP contribution < -0.4 is 15.4 Å². The van der Waals surface area contributed by atoms with Crippen molar-refractivity contribution in [2.75, 3.05) is 12.4 Å². The summed E-state index contributed by atoms with van der Waals surface area (Å²) in [5.41, 5.74) is 2.07. The lowest BCUT2D eigenvalue weighted by Gasteiger charge is -2.10. The van der Waals surface area contributed by atoms with E-state index in [1.807, 2.05) is 42.5 Å². The molecule has 0 aliphatic heterocycles. The predicted molar refractivity (Wildman–Crippen MR) is 97.8 cm³/mol. The highest BCUT2D eigenvalue weighted by atomic mass is 16.5. The third-order valence-electron chi connectivity index (χ3n) is 3.71. The molecule has 0 aliphatic rings. The molecular formula is C19H19N5O2. The Morgan fingerprint density at radius 2 is 1.88 bits per heavy atom. The average molecular weight is 349 g/mol. The molecule has 3 rings (SSSR count). The van der Waals surface area contributed by atoms with Crippen LogP contribution in [0.1, 0.15) is 21.7 Å². The van der Waals surface area contributed by atoms with Crippen molar-refractivity contribution in [2.45, 2.75) is 13.1 Å². The number of para-hydroxylation sites is 1. The summed E-state index contributed by atoms with van der Waals surface area (Å²) in [4.78, 5) is 24.8. The first kappa shape index (κ1) is 17.3. The summed E-state index contributed by atoms with van der Waals surface area (Å²) in [6, 6.07) is 14.8. The Morgan fingerprint density at radius 1 is 1.04 bits per heavy atom. The first-order valence-electron chi connectivity index (χ1n) is 8.12. The molecular weight excluding hydrogens is 330 g/mol. The number of anilines is 1. The zero-order chi connectivity index (χ0) is 18.2. The van der Waals surface area contributed by atoms with Crippen LogP contribution in [0.2, 0.25) is 0 Å². The Kier molecular flexibility index (Phi) is 5.72. The van der Waals surface area contributed by atoms with Crippen LogP contribution in [-0.2, 0) is 13.1 Å². The van der Waals surface area contributed by atoms with Crippen LogP contribution in [0.15, 0.2) is 61.1 Å². The van der Waals surface area contributed by atoms with Gasteiger partial charge in [-0.05, 0) is 18.2 Å². The van der Waals surface area contributed by atoms with Gasteiger partial charge in [0.05, 0.1) is 19.3 Å². The number of hydrogen-bond donors (Lipinski definition) is 2. The van der Waals surface area contributed by atoms with E-state index in [1.54, 1.807) is 19.4 Å². The number of ether oxygens (including phenoxy) is 1. The van der Waals surface area contributed by atoms with E-state index < -0.39 is 0 Å². The quantitative estimate of drug-likeness (QED) is 0.681. The van der Waals surface area contributed by atoms with E-state index >= 15 is 0 Å². The van der Waals surface area contributed by atoms with Crippen LogP contribution in [0.25, 0.3) is 0 Å². The van der Waals surface area contributed by atoms with Crippen LogP contribution in [-0.4, -0.2) is 28.0 Å². The topological polar surface area (TPSA) is 89.0 Å². The standard InChI is InChI=1S/C19H19N5O2/c1-26-17-8-3-2-6-14(17)11-22-19(25)16-10-18(24-13-23-16)21-12-15-7-4-5-9-20-15/h2-10,13H,11-12H2,1H3,(H,22,25)(H,21,23,24). The number of hydrogen-bond acceptors (Lipinski definition) is 6. The summed E-state index contributed by atoms with van der Waals surface area (Å²) < 4.78 is 5.28. The van der Waals surface area contributed by atoms with Gasteiger partial charge in [0.25, 0.3) is 5.91 Å². The molecule has 1 aromatic carbocycles. The zero-order valence-corrected chi connectivity index (χ0v) is 14.3. The van der Waals surface area contributed by atoms with Crippen LogP contribution in [0.3, 0.4) is 0 Å². The fourth-order valence-electron chi connectivity index (χ4n) is 2.38. The number of nitrogens with one attached hydrogen (secondary N) is 2. The van der Waals surface area contributed by atoms with Gasteiger partial charge in [-0.3, -0.25) is 9.78 Å². The molecule has 2 N–H and O–H groups in total. The summed E-state index contributed by atoms with van der Waals surface area (Å²) >= 11 is 0. The number of carbonyl (C=O) groups is 1. The summed E-state index contributed by atoms with van der Waals surface area (Å²) in [6.45, 7) is 0.865. The van der Waals surface area contributed by atoms with Crippen molar-refractivity contribution in [3.8, 4) is 5.75 Å². The van der Waals surface area contributed by atoms with Crippen LogP contribution >= 0.6 is 0 Å². The molecule has 0 fully saturated rings. The highest BCUT2D eigenvalue weighted by Gasteiger charge is 2.10. The lowest BCUT2D eigenvalue weighted by molar-refractivity contribution is 0.0945. The van der Waals surface area contributed by atoms with Gasteiger partial charge in [0.2, 0.25) is 0 Å². The van der Waals surface area contributed by atoms with E-state index in [-0.39, 0.29) is 5.91 Å². The van der Waals surface area contributed by atoms with Gasteiger partial charge in [0.1, 0.15) is 23.6 Å². The second-order valence-electron chi connectivity index (χ2n) is 5.46. The molecule has 7 nitrogen and oxygen atoms in total. The molecule has 0 saturated carbocycles. The fraction of sp³-hybridized carbons (Fsp3) is 0.158. The third-order valence-corrected chi connectivity index (χ3v) is 3.71. The Hall–Kier alpha value is -3.48. The highest BCUT2D eigenvalue weighted by Crippen LogP contribution is 2.17. The Balaban J connectivity index is 1.61. The molecule has 0 radical (unpaired) electrons. The van der Waals surface area contributed by atoms with Gasteiger partial charge in [-0.15, -0.1) is 0 Å². The Labute approximate surface area is 151 Å². The zero-order valence-electron chi connectivity index (χ0n) is 14.3. The minimum absolute atomic E-state index is 0.279. The highest BCUT2D eigenvalue weighted by molar-refractivity contribution is 5.92. The molecule has 132 valence electrons. The molecule has 0 unspecified atom stereocenters. The molecule has 0 aliphatic carbocycles. The summed E-state index contributed by atoms with van der Waals surface area (Å²) in [7, 11) is 1.60. The van der Waals surface area contributed by atoms with E-state index in [9.17, 15) is 4.79 Å². The number of pyridine rings is 1. The van der Waals surface area contributed by atoms with Crippen LogP contribution in [0.4, 0.5) is 5.82 Å². The molecule has 1 amide bonds. The number of nitrogens with zero attached hydrogens (tertiary/aromatic N) is 3. The Bertz CT molecular complexity index is 871. The molecule has 26 heavy (non-hydrogen) atoms. The molecule has 7 heteroatoms. The molecule has 0 bridgehead atoms. The van der Waals surface area contributed by atoms with Gasteiger partial charge in [-0.25, -0.2) is 9.97 Å². The maximum atomic E-state index is 12.4. The molecule has 0 saturated heterocycles. The second kappa shape index (κ2) is 8.57. The van der Waals surface area contributed by atoms with Crippen molar-refractivity contribution < 1.29 is 9.53 Å².